The van der Waals surface area contributed by atoms with E-state index in [1.165, 1.54) is 12.8 Å². The lowest BCUT2D eigenvalue weighted by atomic mass is 10.0. The molecule has 0 saturated heterocycles. The molecule has 4 heteroatoms. The Morgan fingerprint density at radius 2 is 2.00 bits per heavy atom. The van der Waals surface area contributed by atoms with Gasteiger partial charge in [-0.05, 0) is 44.0 Å². The lowest BCUT2D eigenvalue weighted by Gasteiger charge is -2.28. The number of hydrogen-bond acceptors (Lipinski definition) is 3. The second-order valence-corrected chi connectivity index (χ2v) is 6.58. The molecular weight excluding hydrogens is 312 g/mol. The Morgan fingerprint density at radius 1 is 1.20 bits per heavy atom. The highest BCUT2D eigenvalue weighted by Gasteiger charge is 2.27. The fourth-order valence-electron chi connectivity index (χ4n) is 3.84. The quantitative estimate of drug-likeness (QED) is 0.682. The monoisotopic (exact) mass is 334 g/mol. The van der Waals surface area contributed by atoms with Crippen LogP contribution in [0, 0.1) is 0 Å². The fraction of sp³-hybridized carbons (Fsp3) is 0.333. The van der Waals surface area contributed by atoms with Gasteiger partial charge in [-0.15, -0.1) is 0 Å². The van der Waals surface area contributed by atoms with Gasteiger partial charge in [-0.3, -0.25) is 4.79 Å². The Balaban J connectivity index is 1.83. The zero-order valence-electron chi connectivity index (χ0n) is 14.4. The van der Waals surface area contributed by atoms with Crippen molar-refractivity contribution in [2.45, 2.75) is 38.6 Å². The predicted molar refractivity (Wildman–Crippen MR) is 98.4 cm³/mol. The van der Waals surface area contributed by atoms with Crippen molar-refractivity contribution >= 4 is 16.8 Å². The van der Waals surface area contributed by atoms with Gasteiger partial charge >= 0.3 is 0 Å². The number of fused-ring (bicyclic) bond motifs is 1. The fourth-order valence-corrected chi connectivity index (χ4v) is 3.84. The summed E-state index contributed by atoms with van der Waals surface area (Å²) in [6.45, 7) is 2.79. The van der Waals surface area contributed by atoms with Gasteiger partial charge in [-0.25, -0.2) is 4.98 Å². The highest BCUT2D eigenvalue weighted by atomic mass is 16.3. The molecule has 0 radical (unpaired) electrons. The Kier molecular flexibility index (Phi) is 4.26. The molecule has 128 valence electrons. The first kappa shape index (κ1) is 15.9. The molecule has 3 aromatic rings. The number of benzene rings is 1. The summed E-state index contributed by atoms with van der Waals surface area (Å²) in [5, 5.41) is 0.902. The molecule has 0 unspecified atom stereocenters. The van der Waals surface area contributed by atoms with Gasteiger partial charge in [-0.1, -0.05) is 31.0 Å². The number of carbonyl (C=O) groups is 1. The molecule has 1 fully saturated rings. The average molecular weight is 334 g/mol. The highest BCUT2D eigenvalue weighted by molar-refractivity contribution is 6.07. The number of para-hydroxylation sites is 1. The van der Waals surface area contributed by atoms with Crippen LogP contribution in [0.2, 0.25) is 0 Å². The molecule has 1 amide bonds. The van der Waals surface area contributed by atoms with Crippen LogP contribution in [0.25, 0.3) is 22.4 Å². The van der Waals surface area contributed by atoms with E-state index in [1.807, 2.05) is 47.4 Å². The van der Waals surface area contributed by atoms with Crippen molar-refractivity contribution in [3.8, 4) is 11.5 Å². The van der Waals surface area contributed by atoms with Gasteiger partial charge < -0.3 is 9.32 Å². The molecule has 1 aromatic carbocycles. The summed E-state index contributed by atoms with van der Waals surface area (Å²) >= 11 is 0. The summed E-state index contributed by atoms with van der Waals surface area (Å²) < 4.78 is 5.50. The van der Waals surface area contributed by atoms with Crippen LogP contribution in [0.1, 0.15) is 43.0 Å². The molecule has 0 bridgehead atoms. The number of carbonyl (C=O) groups excluding carboxylic acids is 1. The second-order valence-electron chi connectivity index (χ2n) is 6.58. The largest absolute Gasteiger partial charge is 0.463 e. The van der Waals surface area contributed by atoms with Crippen molar-refractivity contribution in [2.75, 3.05) is 6.54 Å². The van der Waals surface area contributed by atoms with E-state index in [4.69, 9.17) is 4.42 Å². The number of hydrogen-bond donors (Lipinski definition) is 0. The first-order chi connectivity index (χ1) is 12.3. The van der Waals surface area contributed by atoms with E-state index in [-0.39, 0.29) is 5.91 Å². The van der Waals surface area contributed by atoms with E-state index in [9.17, 15) is 4.79 Å². The van der Waals surface area contributed by atoms with Crippen LogP contribution >= 0.6 is 0 Å². The van der Waals surface area contributed by atoms with Gasteiger partial charge in [0.2, 0.25) is 0 Å². The minimum absolute atomic E-state index is 0.0980. The van der Waals surface area contributed by atoms with Crippen molar-refractivity contribution in [2.24, 2.45) is 0 Å². The smallest absolute Gasteiger partial charge is 0.254 e. The summed E-state index contributed by atoms with van der Waals surface area (Å²) in [5.41, 5.74) is 2.24. The highest BCUT2D eigenvalue weighted by Crippen LogP contribution is 2.29. The van der Waals surface area contributed by atoms with Gasteiger partial charge in [0.25, 0.3) is 5.91 Å². The van der Waals surface area contributed by atoms with Gasteiger partial charge in [-0.2, -0.15) is 0 Å². The standard InChI is InChI=1S/C21H22N2O2/c1-2-23(15-8-3-4-9-15)21(24)17-14-19(20-12-7-13-25-20)22-18-11-6-5-10-16(17)18/h5-7,10-15H,2-4,8-9H2,1H3. The minimum atomic E-state index is 0.0980. The van der Waals surface area contributed by atoms with Crippen LogP contribution in [0.4, 0.5) is 0 Å². The summed E-state index contributed by atoms with van der Waals surface area (Å²) in [6, 6.07) is 13.8. The Labute approximate surface area is 147 Å². The molecule has 0 spiro atoms. The number of nitrogens with zero attached hydrogens (tertiary/aromatic N) is 2. The molecule has 0 N–H and O–H groups in total. The molecule has 1 aliphatic carbocycles. The lowest BCUT2D eigenvalue weighted by Crippen LogP contribution is -2.38. The molecule has 25 heavy (non-hydrogen) atoms. The van der Waals surface area contributed by atoms with E-state index in [2.05, 4.69) is 11.9 Å². The maximum absolute atomic E-state index is 13.4. The number of amides is 1. The van der Waals surface area contributed by atoms with Gasteiger partial charge in [0.05, 0.1) is 17.3 Å². The average Bonchev–Trinajstić information content (AvgIpc) is 3.35. The SMILES string of the molecule is CCN(C(=O)c1cc(-c2ccco2)nc2ccccc12)C1CCCC1. The molecule has 1 saturated carbocycles. The van der Waals surface area contributed by atoms with Gasteiger partial charge in [0.15, 0.2) is 5.76 Å². The molecule has 1 aliphatic rings. The van der Waals surface area contributed by atoms with Crippen LogP contribution < -0.4 is 0 Å². The van der Waals surface area contributed by atoms with E-state index in [0.29, 0.717) is 23.1 Å². The van der Waals surface area contributed by atoms with Gasteiger partial charge in [0.1, 0.15) is 5.69 Å². The first-order valence-corrected chi connectivity index (χ1v) is 9.02. The summed E-state index contributed by atoms with van der Waals surface area (Å²) in [5.74, 6) is 0.782. The second kappa shape index (κ2) is 6.71. The van der Waals surface area contributed by atoms with E-state index < -0.39 is 0 Å². The number of pyridine rings is 1. The summed E-state index contributed by atoms with van der Waals surface area (Å²) in [6.07, 6.45) is 6.26. The van der Waals surface area contributed by atoms with Crippen LogP contribution in [0.3, 0.4) is 0 Å². The zero-order valence-corrected chi connectivity index (χ0v) is 14.4. The van der Waals surface area contributed by atoms with Crippen molar-refractivity contribution in [3.63, 3.8) is 0 Å². The van der Waals surface area contributed by atoms with Crippen molar-refractivity contribution in [1.82, 2.24) is 9.88 Å². The normalized spacial score (nSPS) is 14.9. The van der Waals surface area contributed by atoms with Crippen molar-refractivity contribution in [3.05, 3.63) is 54.3 Å². The molecule has 0 atom stereocenters. The molecule has 4 rings (SSSR count). The molecule has 2 heterocycles. The molecule has 2 aromatic heterocycles. The zero-order chi connectivity index (χ0) is 17.2. The number of aromatic nitrogens is 1. The van der Waals surface area contributed by atoms with E-state index >= 15 is 0 Å². The third-order valence-electron chi connectivity index (χ3n) is 5.09. The Bertz CT molecular complexity index is 880. The van der Waals surface area contributed by atoms with Crippen LogP contribution in [-0.4, -0.2) is 28.4 Å². The van der Waals surface area contributed by atoms with Crippen molar-refractivity contribution in [1.29, 1.82) is 0 Å². The Hall–Kier alpha value is -2.62. The molecule has 4 nitrogen and oxygen atoms in total. The molecule has 0 aliphatic heterocycles. The number of rotatable bonds is 4. The molecular formula is C21H22N2O2. The van der Waals surface area contributed by atoms with Gasteiger partial charge in [0, 0.05) is 18.0 Å². The third-order valence-corrected chi connectivity index (χ3v) is 5.09. The Morgan fingerprint density at radius 3 is 2.72 bits per heavy atom. The van der Waals surface area contributed by atoms with Crippen LogP contribution in [0.15, 0.2) is 53.1 Å². The van der Waals surface area contributed by atoms with Crippen LogP contribution in [0.5, 0.6) is 0 Å². The maximum atomic E-state index is 13.4. The van der Waals surface area contributed by atoms with Crippen LogP contribution in [-0.2, 0) is 0 Å². The number of furan rings is 1. The van der Waals surface area contributed by atoms with Crippen molar-refractivity contribution < 1.29 is 9.21 Å². The predicted octanol–water partition coefficient (Wildman–Crippen LogP) is 4.90. The van der Waals surface area contributed by atoms with E-state index in [0.717, 1.165) is 30.3 Å². The maximum Gasteiger partial charge on any atom is 0.254 e. The summed E-state index contributed by atoms with van der Waals surface area (Å²) in [4.78, 5) is 20.1. The third kappa shape index (κ3) is 2.93. The lowest BCUT2D eigenvalue weighted by molar-refractivity contribution is 0.0695. The summed E-state index contributed by atoms with van der Waals surface area (Å²) in [7, 11) is 0. The first-order valence-electron chi connectivity index (χ1n) is 9.02. The van der Waals surface area contributed by atoms with E-state index in [1.54, 1.807) is 6.26 Å². The topological polar surface area (TPSA) is 46.3 Å². The minimum Gasteiger partial charge on any atom is -0.463 e.